The van der Waals surface area contributed by atoms with Crippen LogP contribution in [0.4, 0.5) is 5.69 Å². The SMILES string of the molecule is O=C(CBr)c1ccc2c(c1)CCCN2C(=O)C1CCCO1. The van der Waals surface area contributed by atoms with Crippen LogP contribution in [0.3, 0.4) is 0 Å². The Morgan fingerprint density at radius 3 is 2.90 bits per heavy atom. The molecule has 0 aliphatic carbocycles. The summed E-state index contributed by atoms with van der Waals surface area (Å²) in [6, 6.07) is 5.63. The molecule has 1 amide bonds. The van der Waals surface area contributed by atoms with Crippen molar-refractivity contribution in [2.24, 2.45) is 0 Å². The number of ketones is 1. The summed E-state index contributed by atoms with van der Waals surface area (Å²) in [6.45, 7) is 1.41. The van der Waals surface area contributed by atoms with E-state index in [0.717, 1.165) is 43.5 Å². The van der Waals surface area contributed by atoms with E-state index in [4.69, 9.17) is 4.74 Å². The molecule has 0 spiro atoms. The molecule has 112 valence electrons. The van der Waals surface area contributed by atoms with Gasteiger partial charge in [0.25, 0.3) is 5.91 Å². The van der Waals surface area contributed by atoms with Crippen LogP contribution in [-0.4, -0.2) is 36.3 Å². The summed E-state index contributed by atoms with van der Waals surface area (Å²) >= 11 is 3.20. The number of halogens is 1. The van der Waals surface area contributed by atoms with Crippen LogP contribution in [0.5, 0.6) is 0 Å². The Bertz CT molecular complexity index is 567. The number of ether oxygens (including phenoxy) is 1. The van der Waals surface area contributed by atoms with E-state index in [0.29, 0.717) is 17.5 Å². The first-order valence-electron chi connectivity index (χ1n) is 7.36. The summed E-state index contributed by atoms with van der Waals surface area (Å²) < 4.78 is 5.51. The van der Waals surface area contributed by atoms with Gasteiger partial charge in [-0.3, -0.25) is 9.59 Å². The van der Waals surface area contributed by atoms with Gasteiger partial charge in [0.15, 0.2) is 5.78 Å². The average molecular weight is 352 g/mol. The third kappa shape index (κ3) is 2.90. The number of nitrogens with zero attached hydrogens (tertiary/aromatic N) is 1. The molecule has 2 aliphatic rings. The molecule has 1 atom stereocenters. The van der Waals surface area contributed by atoms with Crippen molar-refractivity contribution < 1.29 is 14.3 Å². The maximum absolute atomic E-state index is 12.6. The quantitative estimate of drug-likeness (QED) is 0.621. The number of benzene rings is 1. The maximum Gasteiger partial charge on any atom is 0.256 e. The first-order valence-corrected chi connectivity index (χ1v) is 8.48. The highest BCUT2D eigenvalue weighted by molar-refractivity contribution is 9.09. The fourth-order valence-corrected chi connectivity index (χ4v) is 3.35. The highest BCUT2D eigenvalue weighted by Gasteiger charge is 2.31. The number of fused-ring (bicyclic) bond motifs is 1. The minimum absolute atomic E-state index is 0.0630. The van der Waals surface area contributed by atoms with E-state index in [-0.39, 0.29) is 17.8 Å². The summed E-state index contributed by atoms with van der Waals surface area (Å²) in [5.41, 5.74) is 2.73. The molecule has 1 fully saturated rings. The molecule has 0 aromatic heterocycles. The molecule has 2 aliphatic heterocycles. The summed E-state index contributed by atoms with van der Waals surface area (Å²) in [4.78, 5) is 26.2. The van der Waals surface area contributed by atoms with E-state index in [1.807, 2.05) is 23.1 Å². The van der Waals surface area contributed by atoms with Crippen LogP contribution in [0, 0.1) is 0 Å². The van der Waals surface area contributed by atoms with Gasteiger partial charge in [-0.15, -0.1) is 0 Å². The molecule has 1 aromatic rings. The molecule has 0 radical (unpaired) electrons. The lowest BCUT2D eigenvalue weighted by atomic mass is 9.97. The number of rotatable bonds is 3. The van der Waals surface area contributed by atoms with Gasteiger partial charge in [0.05, 0.1) is 5.33 Å². The first-order chi connectivity index (χ1) is 10.2. The Kier molecular flexibility index (Phi) is 4.40. The Morgan fingerprint density at radius 1 is 1.33 bits per heavy atom. The number of aryl methyl sites for hydroxylation is 1. The molecule has 1 aromatic carbocycles. The second kappa shape index (κ2) is 6.28. The number of carbonyl (C=O) groups excluding carboxylic acids is 2. The minimum Gasteiger partial charge on any atom is -0.368 e. The lowest BCUT2D eigenvalue weighted by Gasteiger charge is -2.31. The van der Waals surface area contributed by atoms with E-state index in [1.54, 1.807) is 0 Å². The number of carbonyl (C=O) groups is 2. The molecule has 1 unspecified atom stereocenters. The largest absolute Gasteiger partial charge is 0.368 e. The molecule has 5 heteroatoms. The van der Waals surface area contributed by atoms with Crippen LogP contribution in [0.25, 0.3) is 0 Å². The fourth-order valence-electron chi connectivity index (χ4n) is 3.02. The van der Waals surface area contributed by atoms with Gasteiger partial charge in [-0.25, -0.2) is 0 Å². The normalized spacial score (nSPS) is 21.2. The van der Waals surface area contributed by atoms with Crippen molar-refractivity contribution in [3.8, 4) is 0 Å². The standard InChI is InChI=1S/C16H18BrNO3/c17-10-14(19)12-5-6-13-11(9-12)3-1-7-18(13)16(20)15-4-2-8-21-15/h5-6,9,15H,1-4,7-8,10H2. The molecule has 0 bridgehead atoms. The van der Waals surface area contributed by atoms with Gasteiger partial charge >= 0.3 is 0 Å². The Hall–Kier alpha value is -1.20. The van der Waals surface area contributed by atoms with Gasteiger partial charge in [0.1, 0.15) is 6.10 Å². The molecule has 0 saturated carbocycles. The van der Waals surface area contributed by atoms with Gasteiger partial charge in [0.2, 0.25) is 0 Å². The fraction of sp³-hybridized carbons (Fsp3) is 0.500. The predicted molar refractivity (Wildman–Crippen MR) is 84.2 cm³/mol. The zero-order chi connectivity index (χ0) is 14.8. The molecule has 2 heterocycles. The number of Topliss-reactive ketones (excluding diaryl/α,β-unsaturated/α-hetero) is 1. The Labute approximate surface area is 132 Å². The topological polar surface area (TPSA) is 46.6 Å². The van der Waals surface area contributed by atoms with E-state index in [9.17, 15) is 9.59 Å². The second-order valence-corrected chi connectivity index (χ2v) is 6.06. The van der Waals surface area contributed by atoms with Crippen molar-refractivity contribution in [1.82, 2.24) is 0 Å². The molecular formula is C16H18BrNO3. The summed E-state index contributed by atoms with van der Waals surface area (Å²) in [6.07, 6.45) is 3.31. The van der Waals surface area contributed by atoms with Gasteiger partial charge in [-0.1, -0.05) is 15.9 Å². The second-order valence-electron chi connectivity index (χ2n) is 5.50. The first kappa shape index (κ1) is 14.7. The van der Waals surface area contributed by atoms with Crippen molar-refractivity contribution in [1.29, 1.82) is 0 Å². The molecule has 4 nitrogen and oxygen atoms in total. The van der Waals surface area contributed by atoms with Gasteiger partial charge in [-0.2, -0.15) is 0 Å². The summed E-state index contributed by atoms with van der Waals surface area (Å²) in [7, 11) is 0. The number of alkyl halides is 1. The van der Waals surface area contributed by atoms with E-state index < -0.39 is 0 Å². The third-order valence-corrected chi connectivity index (χ3v) is 4.62. The van der Waals surface area contributed by atoms with Crippen LogP contribution < -0.4 is 4.90 Å². The highest BCUT2D eigenvalue weighted by Crippen LogP contribution is 2.30. The number of hydrogen-bond acceptors (Lipinski definition) is 3. The van der Waals surface area contributed by atoms with Crippen LogP contribution in [0.2, 0.25) is 0 Å². The zero-order valence-corrected chi connectivity index (χ0v) is 13.4. The lowest BCUT2D eigenvalue weighted by Crippen LogP contribution is -2.42. The highest BCUT2D eigenvalue weighted by atomic mass is 79.9. The van der Waals surface area contributed by atoms with Gasteiger partial charge in [-0.05, 0) is 49.4 Å². The van der Waals surface area contributed by atoms with Crippen molar-refractivity contribution in [3.05, 3.63) is 29.3 Å². The van der Waals surface area contributed by atoms with Gasteiger partial charge in [0, 0.05) is 24.4 Å². The van der Waals surface area contributed by atoms with Crippen molar-refractivity contribution in [2.75, 3.05) is 23.4 Å². The van der Waals surface area contributed by atoms with Crippen LogP contribution in [-0.2, 0) is 16.0 Å². The smallest absolute Gasteiger partial charge is 0.256 e. The van der Waals surface area contributed by atoms with E-state index in [2.05, 4.69) is 15.9 Å². The Balaban J connectivity index is 1.87. The summed E-state index contributed by atoms with van der Waals surface area (Å²) in [5, 5.41) is 0.324. The molecule has 0 N–H and O–H groups in total. The maximum atomic E-state index is 12.6. The van der Waals surface area contributed by atoms with E-state index >= 15 is 0 Å². The zero-order valence-electron chi connectivity index (χ0n) is 11.8. The monoisotopic (exact) mass is 351 g/mol. The predicted octanol–water partition coefficient (Wildman–Crippen LogP) is 2.72. The molecular weight excluding hydrogens is 334 g/mol. The third-order valence-electron chi connectivity index (χ3n) is 4.11. The average Bonchev–Trinajstić information content (AvgIpc) is 3.06. The van der Waals surface area contributed by atoms with Crippen LogP contribution >= 0.6 is 15.9 Å². The van der Waals surface area contributed by atoms with E-state index in [1.165, 1.54) is 0 Å². The minimum atomic E-state index is -0.292. The van der Waals surface area contributed by atoms with Crippen LogP contribution in [0.15, 0.2) is 18.2 Å². The van der Waals surface area contributed by atoms with Crippen LogP contribution in [0.1, 0.15) is 35.2 Å². The lowest BCUT2D eigenvalue weighted by molar-refractivity contribution is -0.127. The molecule has 1 saturated heterocycles. The number of anilines is 1. The number of hydrogen-bond donors (Lipinski definition) is 0. The number of amides is 1. The van der Waals surface area contributed by atoms with Crippen molar-refractivity contribution in [2.45, 2.75) is 31.8 Å². The van der Waals surface area contributed by atoms with Gasteiger partial charge < -0.3 is 9.64 Å². The van der Waals surface area contributed by atoms with Crippen molar-refractivity contribution in [3.63, 3.8) is 0 Å². The summed E-state index contributed by atoms with van der Waals surface area (Å²) in [5.74, 6) is 0.133. The molecule has 21 heavy (non-hydrogen) atoms. The molecule has 3 rings (SSSR count). The van der Waals surface area contributed by atoms with Crippen molar-refractivity contribution >= 4 is 33.3 Å². The Morgan fingerprint density at radius 2 is 2.19 bits per heavy atom.